The van der Waals surface area contributed by atoms with Crippen LogP contribution in [0.4, 0.5) is 4.79 Å². The summed E-state index contributed by atoms with van der Waals surface area (Å²) < 4.78 is 32.0. The fraction of sp³-hybridized carbons (Fsp3) is 0.977. The molecule has 0 radical (unpaired) electrons. The van der Waals surface area contributed by atoms with Crippen molar-refractivity contribution in [2.24, 2.45) is 50.7 Å². The highest BCUT2D eigenvalue weighted by Gasteiger charge is 2.84. The number of ether oxygens (including phenoxy) is 5. The van der Waals surface area contributed by atoms with Crippen molar-refractivity contribution in [2.75, 3.05) is 39.4 Å². The van der Waals surface area contributed by atoms with Gasteiger partial charge in [0.05, 0.1) is 43.2 Å². The summed E-state index contributed by atoms with van der Waals surface area (Å²) >= 11 is 0. The van der Waals surface area contributed by atoms with Crippen molar-refractivity contribution in [3.63, 3.8) is 0 Å². The van der Waals surface area contributed by atoms with Crippen LogP contribution in [0.25, 0.3) is 0 Å². The van der Waals surface area contributed by atoms with E-state index in [9.17, 15) is 15.0 Å². The standard InChI is InChI=1S/C44H74N2O8/c1-12-50-36(40(8,9)49)28-21-26(2)33-34(52-28)35(47)42(11)30-14-13-29-39(6,7)31(15-16-43(29)25-44(30,43)18-17-41(33,42)10)53-32-24-45(19-20-51-32)27-22-46(23-27)37(48)54-38(3,4)5/h26-36,47,49H,12-25H2,1-11H3/t26-,28?,29+,30?,31+,32+,33+,34?,35+,36+,41-,42-,43?,44+/m1/s1. The monoisotopic (exact) mass is 759 g/mol. The summed E-state index contributed by atoms with van der Waals surface area (Å²) in [4.78, 5) is 16.8. The van der Waals surface area contributed by atoms with Gasteiger partial charge in [-0.3, -0.25) is 4.90 Å². The number of aliphatic hydroxyl groups excluding tert-OH is 1. The molecular formula is C44H74N2O8. The smallest absolute Gasteiger partial charge is 0.410 e. The molecule has 10 heteroatoms. The van der Waals surface area contributed by atoms with Crippen LogP contribution in [0, 0.1) is 50.7 Å². The summed E-state index contributed by atoms with van der Waals surface area (Å²) in [6, 6.07) is 0.316. The Bertz CT molecular complexity index is 1440. The summed E-state index contributed by atoms with van der Waals surface area (Å²) in [5.74, 6) is 1.72. The normalized spacial score (nSPS) is 48.0. The predicted octanol–water partition coefficient (Wildman–Crippen LogP) is 6.64. The number of nitrogens with zero attached hydrogens (tertiary/aromatic N) is 2. The number of carbonyl (C=O) groups is 1. The Morgan fingerprint density at radius 3 is 2.31 bits per heavy atom. The van der Waals surface area contributed by atoms with E-state index in [4.69, 9.17) is 23.7 Å². The number of hydrogen-bond donors (Lipinski definition) is 2. The maximum absolute atomic E-state index is 12.7. The molecule has 3 heterocycles. The second-order valence-corrected chi connectivity index (χ2v) is 22.0. The number of carbonyl (C=O) groups excluding carboxylic acids is 1. The van der Waals surface area contributed by atoms with E-state index in [-0.39, 0.29) is 52.4 Å². The Kier molecular flexibility index (Phi) is 9.58. The van der Waals surface area contributed by atoms with Crippen LogP contribution in [0.1, 0.15) is 128 Å². The van der Waals surface area contributed by atoms with E-state index in [1.54, 1.807) is 4.90 Å². The van der Waals surface area contributed by atoms with Crippen LogP contribution in [-0.4, -0.2) is 120 Å². The minimum atomic E-state index is -1.03. The van der Waals surface area contributed by atoms with E-state index in [1.165, 1.54) is 25.7 Å². The molecule has 0 aromatic carbocycles. The average molecular weight is 759 g/mol. The number of aliphatic hydroxyl groups is 2. The van der Waals surface area contributed by atoms with Gasteiger partial charge < -0.3 is 38.8 Å². The van der Waals surface area contributed by atoms with Crippen LogP contribution >= 0.6 is 0 Å². The Labute approximate surface area is 325 Å². The topological polar surface area (TPSA) is 110 Å². The number of fused-ring (bicyclic) bond motifs is 4. The maximum Gasteiger partial charge on any atom is 0.410 e. The molecule has 2 N–H and O–H groups in total. The lowest BCUT2D eigenvalue weighted by Crippen LogP contribution is -2.64. The average Bonchev–Trinajstić information content (AvgIpc) is 3.68. The third kappa shape index (κ3) is 5.74. The second-order valence-electron chi connectivity index (χ2n) is 22.0. The molecule has 4 unspecified atom stereocenters. The molecule has 54 heavy (non-hydrogen) atoms. The minimum absolute atomic E-state index is 0.00571. The Balaban J connectivity index is 0.950. The van der Waals surface area contributed by atoms with Gasteiger partial charge in [-0.2, -0.15) is 0 Å². The van der Waals surface area contributed by atoms with Gasteiger partial charge in [0.1, 0.15) is 11.7 Å². The number of amides is 1. The number of hydrogen-bond acceptors (Lipinski definition) is 9. The largest absolute Gasteiger partial charge is 0.444 e. The predicted molar refractivity (Wildman–Crippen MR) is 206 cm³/mol. The molecule has 3 aliphatic heterocycles. The number of morpholine rings is 1. The molecule has 10 nitrogen and oxygen atoms in total. The molecule has 14 atom stereocenters. The van der Waals surface area contributed by atoms with E-state index in [2.05, 4.69) is 39.5 Å². The van der Waals surface area contributed by atoms with Gasteiger partial charge in [-0.1, -0.05) is 34.6 Å². The Morgan fingerprint density at radius 1 is 0.963 bits per heavy atom. The van der Waals surface area contributed by atoms with Gasteiger partial charge in [-0.15, -0.1) is 0 Å². The van der Waals surface area contributed by atoms with Crippen molar-refractivity contribution in [3.8, 4) is 0 Å². The molecule has 5 saturated carbocycles. The molecule has 0 aromatic rings. The summed E-state index contributed by atoms with van der Waals surface area (Å²) in [5.41, 5.74) is -1.15. The van der Waals surface area contributed by atoms with Crippen LogP contribution < -0.4 is 0 Å². The van der Waals surface area contributed by atoms with Gasteiger partial charge in [0.25, 0.3) is 0 Å². The summed E-state index contributed by atoms with van der Waals surface area (Å²) in [7, 11) is 0. The lowest BCUT2D eigenvalue weighted by Gasteiger charge is -2.64. The van der Waals surface area contributed by atoms with E-state index in [1.807, 2.05) is 41.5 Å². The first-order valence-corrected chi connectivity index (χ1v) is 21.8. The van der Waals surface area contributed by atoms with Crippen LogP contribution in [0.2, 0.25) is 0 Å². The highest BCUT2D eigenvalue weighted by molar-refractivity contribution is 5.69. The summed E-state index contributed by atoms with van der Waals surface area (Å²) in [5, 5.41) is 23.8. The van der Waals surface area contributed by atoms with Gasteiger partial charge in [-0.05, 0) is 138 Å². The molecule has 0 bridgehead atoms. The first-order valence-electron chi connectivity index (χ1n) is 21.8. The highest BCUT2D eigenvalue weighted by Crippen LogP contribution is 2.89. The van der Waals surface area contributed by atoms with Crippen LogP contribution in [0.5, 0.6) is 0 Å². The molecule has 3 saturated heterocycles. The van der Waals surface area contributed by atoms with Gasteiger partial charge in [-0.25, -0.2) is 4.79 Å². The van der Waals surface area contributed by atoms with Crippen molar-refractivity contribution >= 4 is 6.09 Å². The lowest BCUT2D eigenvalue weighted by molar-refractivity contribution is -0.253. The summed E-state index contributed by atoms with van der Waals surface area (Å²) in [6.07, 6.45) is 7.31. The first-order chi connectivity index (χ1) is 25.1. The van der Waals surface area contributed by atoms with Crippen molar-refractivity contribution in [2.45, 2.75) is 182 Å². The van der Waals surface area contributed by atoms with Crippen LogP contribution in [0.15, 0.2) is 0 Å². The quantitative estimate of drug-likeness (QED) is 0.296. The van der Waals surface area contributed by atoms with Gasteiger partial charge in [0, 0.05) is 37.7 Å². The van der Waals surface area contributed by atoms with E-state index < -0.39 is 23.4 Å². The zero-order valence-electron chi connectivity index (χ0n) is 35.5. The molecule has 2 spiro atoms. The first kappa shape index (κ1) is 39.8. The zero-order chi connectivity index (χ0) is 39.0. The third-order valence-electron chi connectivity index (χ3n) is 17.6. The van der Waals surface area contributed by atoms with Crippen molar-refractivity contribution in [1.82, 2.24) is 9.80 Å². The van der Waals surface area contributed by atoms with Crippen molar-refractivity contribution in [3.05, 3.63) is 0 Å². The summed E-state index contributed by atoms with van der Waals surface area (Å²) in [6.45, 7) is 27.8. The molecule has 8 rings (SSSR count). The Morgan fingerprint density at radius 2 is 1.65 bits per heavy atom. The van der Waals surface area contributed by atoms with Crippen molar-refractivity contribution in [1.29, 1.82) is 0 Å². The number of likely N-dealkylation sites (tertiary alicyclic amines) is 1. The number of rotatable bonds is 7. The lowest BCUT2D eigenvalue weighted by atomic mass is 9.41. The zero-order valence-corrected chi connectivity index (χ0v) is 35.5. The molecule has 8 fully saturated rings. The fourth-order valence-corrected chi connectivity index (χ4v) is 15.1. The SMILES string of the molecule is CCO[C@@H](C1C[C@@H](C)[C@H]2C(O1)[C@H](O)[C@@]1(C)C3CC[C@H]4C(C)(C)[C@@H](O[C@H]5CN(C6CN(C(=O)OC(C)(C)C)C6)CCO5)CCC45C[C@@]35CC[C@]21C)C(C)(C)O. The second kappa shape index (κ2) is 13.0. The molecule has 8 aliphatic rings. The molecule has 308 valence electrons. The fourth-order valence-electron chi connectivity index (χ4n) is 15.1. The van der Waals surface area contributed by atoms with E-state index in [0.717, 1.165) is 38.8 Å². The Hall–Kier alpha value is -1.01. The molecular weight excluding hydrogens is 684 g/mol. The van der Waals surface area contributed by atoms with Crippen molar-refractivity contribution < 1.29 is 38.7 Å². The van der Waals surface area contributed by atoms with E-state index >= 15 is 0 Å². The molecule has 0 aromatic heterocycles. The van der Waals surface area contributed by atoms with Gasteiger partial charge in [0.15, 0.2) is 6.29 Å². The highest BCUT2D eigenvalue weighted by atomic mass is 16.7. The van der Waals surface area contributed by atoms with E-state index in [0.29, 0.717) is 61.4 Å². The minimum Gasteiger partial charge on any atom is -0.444 e. The maximum atomic E-state index is 12.7. The van der Waals surface area contributed by atoms with Gasteiger partial charge >= 0.3 is 6.09 Å². The third-order valence-corrected chi connectivity index (χ3v) is 17.6. The van der Waals surface area contributed by atoms with Crippen LogP contribution in [-0.2, 0) is 23.7 Å². The molecule has 5 aliphatic carbocycles. The van der Waals surface area contributed by atoms with Gasteiger partial charge in [0.2, 0.25) is 0 Å². The van der Waals surface area contributed by atoms with Crippen LogP contribution in [0.3, 0.4) is 0 Å². The molecule has 1 amide bonds.